The fraction of sp³-hybridized carbons (Fsp3) is 0.344. The molecule has 1 amide bonds. The number of ether oxygens (including phenoxy) is 2. The molecular weight excluding hydrogens is 667 g/mol. The average Bonchev–Trinajstić information content (AvgIpc) is 3.48. The van der Waals surface area contributed by atoms with Gasteiger partial charge in [-0.2, -0.15) is 8.42 Å². The second kappa shape index (κ2) is 15.3. The van der Waals surface area contributed by atoms with Gasteiger partial charge in [0.25, 0.3) is 10.1 Å². The fourth-order valence-corrected chi connectivity index (χ4v) is 6.42. The molecule has 3 N–H and O–H groups in total. The summed E-state index contributed by atoms with van der Waals surface area (Å²) in [7, 11) is -1.06. The summed E-state index contributed by atoms with van der Waals surface area (Å²) in [6.45, 7) is 0.209. The minimum atomic E-state index is -4.08. The molecule has 1 atom stereocenters. The highest BCUT2D eigenvalue weighted by Gasteiger charge is 2.22. The van der Waals surface area contributed by atoms with E-state index in [-0.39, 0.29) is 30.9 Å². The third-order valence-electron chi connectivity index (χ3n) is 7.73. The minimum absolute atomic E-state index is 0.0317. The van der Waals surface area contributed by atoms with Crippen LogP contribution in [0, 0.1) is 0 Å². The van der Waals surface area contributed by atoms with E-state index in [0.29, 0.717) is 68.1 Å². The molecule has 248 valence electrons. The zero-order chi connectivity index (χ0) is 33.6. The third-order valence-corrected chi connectivity index (χ3v) is 9.26. The van der Waals surface area contributed by atoms with Gasteiger partial charge in [0.05, 0.1) is 53.8 Å². The Bertz CT molecular complexity index is 1880. The van der Waals surface area contributed by atoms with Crippen LogP contribution >= 0.6 is 23.2 Å². The van der Waals surface area contributed by atoms with Crippen LogP contribution in [0.3, 0.4) is 0 Å². The summed E-state index contributed by atoms with van der Waals surface area (Å²) in [5.41, 5.74) is 4.81. The zero-order valence-corrected chi connectivity index (χ0v) is 28.1. The molecule has 0 radical (unpaired) electrons. The van der Waals surface area contributed by atoms with E-state index in [0.717, 1.165) is 25.0 Å². The predicted molar refractivity (Wildman–Crippen MR) is 179 cm³/mol. The van der Waals surface area contributed by atoms with Gasteiger partial charge in [-0.3, -0.25) is 19.3 Å². The van der Waals surface area contributed by atoms with E-state index in [1.54, 1.807) is 19.5 Å². The maximum absolute atomic E-state index is 11.5. The molecule has 12 nitrogen and oxygen atoms in total. The first-order chi connectivity index (χ1) is 22.6. The van der Waals surface area contributed by atoms with Crippen molar-refractivity contribution in [1.82, 2.24) is 30.6 Å². The Hall–Kier alpha value is -3.88. The smallest absolute Gasteiger partial charge is 0.266 e. The first-order valence-electron chi connectivity index (χ1n) is 14.9. The summed E-state index contributed by atoms with van der Waals surface area (Å²) >= 11 is 14.0. The van der Waals surface area contributed by atoms with E-state index in [4.69, 9.17) is 42.2 Å². The van der Waals surface area contributed by atoms with Crippen molar-refractivity contribution in [2.45, 2.75) is 44.7 Å². The van der Waals surface area contributed by atoms with Gasteiger partial charge in [0, 0.05) is 47.8 Å². The van der Waals surface area contributed by atoms with Gasteiger partial charge >= 0.3 is 0 Å². The monoisotopic (exact) mass is 700 g/mol. The normalized spacial score (nSPS) is 14.7. The number of amides is 1. The molecule has 2 aromatic carbocycles. The van der Waals surface area contributed by atoms with Crippen LogP contribution < -0.4 is 20.1 Å². The summed E-state index contributed by atoms with van der Waals surface area (Å²) in [6.07, 6.45) is 7.05. The lowest BCUT2D eigenvalue weighted by Crippen LogP contribution is -2.25. The molecule has 15 heteroatoms. The molecular formula is C32H34Cl2N6O6S. The summed E-state index contributed by atoms with van der Waals surface area (Å²) in [6, 6.07) is 11.3. The van der Waals surface area contributed by atoms with Gasteiger partial charge in [-0.05, 0) is 25.7 Å². The van der Waals surface area contributed by atoms with Crippen LogP contribution in [-0.2, 0) is 27.9 Å². The second-order valence-corrected chi connectivity index (χ2v) is 13.2. The Morgan fingerprint density at radius 3 is 2.00 bits per heavy atom. The van der Waals surface area contributed by atoms with Crippen LogP contribution in [0.4, 0.5) is 0 Å². The van der Waals surface area contributed by atoms with Crippen LogP contribution in [0.5, 0.6) is 11.8 Å². The number of carbonyl (C=O) groups excluding carboxylic acids is 1. The van der Waals surface area contributed by atoms with E-state index in [2.05, 4.69) is 25.6 Å². The van der Waals surface area contributed by atoms with Gasteiger partial charge in [-0.25, -0.2) is 9.97 Å². The molecule has 3 heterocycles. The Balaban J connectivity index is 1.37. The molecule has 5 rings (SSSR count). The van der Waals surface area contributed by atoms with Crippen LogP contribution in [0.2, 0.25) is 10.0 Å². The minimum Gasteiger partial charge on any atom is -0.480 e. The van der Waals surface area contributed by atoms with E-state index in [1.807, 2.05) is 36.4 Å². The molecule has 1 aliphatic heterocycles. The van der Waals surface area contributed by atoms with Crippen LogP contribution in [0.25, 0.3) is 33.6 Å². The standard InChI is InChI=1S/C32H34Cl2N6O6S/c1-45-31-24(11-3-6-19-12-13-28(41)38-19)36-17-25(39-31)22-9-4-7-20(29(22)33)21-8-5-10-23(30(21)34)26-18-37-27(32(40-26)46-2)16-35-14-15-47(42,43)44/h4-5,7-10,17-19,35H,3,6,11-16H2,1-2H3,(H,38,41)(H,42,43,44)/t19-/m1/s1. The Kier molecular flexibility index (Phi) is 11.3. The number of halogens is 2. The third kappa shape index (κ3) is 8.54. The summed E-state index contributed by atoms with van der Waals surface area (Å²) in [5.74, 6) is 0.339. The first-order valence-corrected chi connectivity index (χ1v) is 17.3. The number of hydrogen-bond acceptors (Lipinski definition) is 10. The van der Waals surface area contributed by atoms with Crippen molar-refractivity contribution in [3.63, 3.8) is 0 Å². The lowest BCUT2D eigenvalue weighted by Gasteiger charge is -2.15. The second-order valence-electron chi connectivity index (χ2n) is 10.9. The van der Waals surface area contributed by atoms with Crippen molar-refractivity contribution in [3.8, 4) is 45.4 Å². The maximum atomic E-state index is 11.5. The fourth-order valence-electron chi connectivity index (χ4n) is 5.37. The zero-order valence-electron chi connectivity index (χ0n) is 25.8. The Morgan fingerprint density at radius 2 is 1.47 bits per heavy atom. The van der Waals surface area contributed by atoms with Crippen molar-refractivity contribution in [3.05, 3.63) is 70.2 Å². The van der Waals surface area contributed by atoms with Gasteiger partial charge in [0.1, 0.15) is 11.4 Å². The van der Waals surface area contributed by atoms with Crippen molar-refractivity contribution < 1.29 is 27.2 Å². The van der Waals surface area contributed by atoms with Gasteiger partial charge in [-0.1, -0.05) is 59.6 Å². The molecule has 2 aromatic heterocycles. The van der Waals surface area contributed by atoms with E-state index in [9.17, 15) is 13.2 Å². The van der Waals surface area contributed by atoms with Crippen LogP contribution in [-0.4, -0.2) is 71.4 Å². The van der Waals surface area contributed by atoms with E-state index < -0.39 is 15.9 Å². The van der Waals surface area contributed by atoms with Gasteiger partial charge in [0.2, 0.25) is 17.7 Å². The number of aryl methyl sites for hydroxylation is 1. The lowest BCUT2D eigenvalue weighted by atomic mass is 9.98. The number of methoxy groups -OCH3 is 2. The SMILES string of the molecule is COc1nc(-c2cccc(-c3cccc(-c4cnc(CNCCS(=O)(=O)O)c(OC)n4)c3Cl)c2Cl)cnc1CCC[C@@H]1CCC(=O)N1. The van der Waals surface area contributed by atoms with Gasteiger partial charge < -0.3 is 20.1 Å². The Morgan fingerprint density at radius 1 is 0.915 bits per heavy atom. The largest absolute Gasteiger partial charge is 0.480 e. The molecule has 1 saturated heterocycles. The van der Waals surface area contributed by atoms with Gasteiger partial charge in [0.15, 0.2) is 0 Å². The maximum Gasteiger partial charge on any atom is 0.266 e. The highest BCUT2D eigenvalue weighted by Crippen LogP contribution is 2.42. The highest BCUT2D eigenvalue weighted by atomic mass is 35.5. The number of hydrogen-bond donors (Lipinski definition) is 3. The molecule has 0 spiro atoms. The highest BCUT2D eigenvalue weighted by molar-refractivity contribution is 7.85. The molecule has 47 heavy (non-hydrogen) atoms. The molecule has 0 saturated carbocycles. The van der Waals surface area contributed by atoms with Crippen molar-refractivity contribution in [2.24, 2.45) is 0 Å². The lowest BCUT2D eigenvalue weighted by molar-refractivity contribution is -0.119. The Labute approximate surface area is 283 Å². The molecule has 0 bridgehead atoms. The molecule has 1 aliphatic rings. The van der Waals surface area contributed by atoms with Crippen molar-refractivity contribution >= 4 is 39.2 Å². The van der Waals surface area contributed by atoms with Crippen LogP contribution in [0.15, 0.2) is 48.8 Å². The number of rotatable bonds is 14. The first kappa shape index (κ1) is 34.5. The quantitative estimate of drug-likeness (QED) is 0.117. The number of nitrogens with one attached hydrogen (secondary N) is 2. The molecule has 4 aromatic rings. The molecule has 1 fully saturated rings. The van der Waals surface area contributed by atoms with Gasteiger partial charge in [-0.15, -0.1) is 0 Å². The molecule has 0 unspecified atom stereocenters. The van der Waals surface area contributed by atoms with Crippen LogP contribution in [0.1, 0.15) is 37.1 Å². The van der Waals surface area contributed by atoms with E-state index in [1.165, 1.54) is 7.11 Å². The summed E-state index contributed by atoms with van der Waals surface area (Å²) in [4.78, 5) is 29.9. The predicted octanol–water partition coefficient (Wildman–Crippen LogP) is 5.17. The van der Waals surface area contributed by atoms with Crippen molar-refractivity contribution in [1.29, 1.82) is 0 Å². The summed E-state index contributed by atoms with van der Waals surface area (Å²) < 4.78 is 41.9. The number of benzene rings is 2. The topological polar surface area (TPSA) is 166 Å². The molecule has 0 aliphatic carbocycles. The van der Waals surface area contributed by atoms with E-state index >= 15 is 0 Å². The number of aromatic nitrogens is 4. The number of nitrogens with zero attached hydrogens (tertiary/aromatic N) is 4. The average molecular weight is 702 g/mol. The summed E-state index contributed by atoms with van der Waals surface area (Å²) in [5, 5.41) is 6.73. The van der Waals surface area contributed by atoms with Crippen molar-refractivity contribution in [2.75, 3.05) is 26.5 Å². The number of carbonyl (C=O) groups is 1.